The van der Waals surface area contributed by atoms with E-state index in [9.17, 15) is 5.11 Å². The molecule has 0 saturated heterocycles. The number of para-hydroxylation sites is 1. The second kappa shape index (κ2) is 4.82. The van der Waals surface area contributed by atoms with E-state index in [1.807, 2.05) is 37.4 Å². The van der Waals surface area contributed by atoms with Crippen molar-refractivity contribution >= 4 is 5.69 Å². The first kappa shape index (κ1) is 10.8. The highest BCUT2D eigenvalue weighted by Gasteiger charge is 2.09. The molecule has 0 heterocycles. The zero-order valence-electron chi connectivity index (χ0n) is 8.77. The Morgan fingerprint density at radius 2 is 2.14 bits per heavy atom. The molecular formula is C12H17NO. The Balaban J connectivity index is 2.99. The van der Waals surface area contributed by atoms with Gasteiger partial charge in [0.25, 0.3) is 0 Å². The highest BCUT2D eigenvalue weighted by Crippen LogP contribution is 2.24. The van der Waals surface area contributed by atoms with Gasteiger partial charge in [0.2, 0.25) is 0 Å². The molecule has 1 aromatic rings. The molecule has 2 heteroatoms. The van der Waals surface area contributed by atoms with Gasteiger partial charge in [0.15, 0.2) is 0 Å². The minimum Gasteiger partial charge on any atom is -0.389 e. The SMILES string of the molecule is C=CCN(C)c1ccccc1[C@H](C)O. The largest absolute Gasteiger partial charge is 0.389 e. The summed E-state index contributed by atoms with van der Waals surface area (Å²) in [6.45, 7) is 6.26. The summed E-state index contributed by atoms with van der Waals surface area (Å²) in [6, 6.07) is 7.86. The van der Waals surface area contributed by atoms with Crippen LogP contribution in [0.5, 0.6) is 0 Å². The van der Waals surface area contributed by atoms with Crippen molar-refractivity contribution in [1.82, 2.24) is 0 Å². The topological polar surface area (TPSA) is 23.5 Å². The molecule has 0 bridgehead atoms. The van der Waals surface area contributed by atoms with Crippen LogP contribution in [0.3, 0.4) is 0 Å². The lowest BCUT2D eigenvalue weighted by Gasteiger charge is -2.22. The fourth-order valence-corrected chi connectivity index (χ4v) is 1.48. The highest BCUT2D eigenvalue weighted by atomic mass is 16.3. The van der Waals surface area contributed by atoms with E-state index in [-0.39, 0.29) is 0 Å². The minimum atomic E-state index is -0.432. The predicted molar refractivity (Wildman–Crippen MR) is 60.5 cm³/mol. The van der Waals surface area contributed by atoms with Crippen LogP contribution in [0.1, 0.15) is 18.6 Å². The maximum absolute atomic E-state index is 9.57. The van der Waals surface area contributed by atoms with E-state index in [0.29, 0.717) is 0 Å². The number of aliphatic hydroxyl groups is 1. The van der Waals surface area contributed by atoms with Crippen molar-refractivity contribution in [3.63, 3.8) is 0 Å². The van der Waals surface area contributed by atoms with E-state index in [2.05, 4.69) is 11.5 Å². The highest BCUT2D eigenvalue weighted by molar-refractivity contribution is 5.54. The lowest BCUT2D eigenvalue weighted by atomic mass is 10.1. The van der Waals surface area contributed by atoms with E-state index in [1.165, 1.54) is 0 Å². The van der Waals surface area contributed by atoms with Crippen LogP contribution >= 0.6 is 0 Å². The molecule has 14 heavy (non-hydrogen) atoms. The molecule has 1 N–H and O–H groups in total. The Hall–Kier alpha value is -1.28. The van der Waals surface area contributed by atoms with Gasteiger partial charge < -0.3 is 10.0 Å². The molecule has 0 unspecified atom stereocenters. The number of hydrogen-bond donors (Lipinski definition) is 1. The summed E-state index contributed by atoms with van der Waals surface area (Å²) < 4.78 is 0. The fourth-order valence-electron chi connectivity index (χ4n) is 1.48. The van der Waals surface area contributed by atoms with Crippen molar-refractivity contribution in [2.75, 3.05) is 18.5 Å². The van der Waals surface area contributed by atoms with Crippen LogP contribution in [-0.4, -0.2) is 18.7 Å². The summed E-state index contributed by atoms with van der Waals surface area (Å²) >= 11 is 0. The summed E-state index contributed by atoms with van der Waals surface area (Å²) in [5.41, 5.74) is 2.01. The van der Waals surface area contributed by atoms with Gasteiger partial charge in [0.1, 0.15) is 0 Å². The van der Waals surface area contributed by atoms with E-state index >= 15 is 0 Å². The molecule has 0 radical (unpaired) electrons. The number of benzene rings is 1. The molecule has 0 fully saturated rings. The summed E-state index contributed by atoms with van der Waals surface area (Å²) in [5.74, 6) is 0. The molecule has 1 rings (SSSR count). The minimum absolute atomic E-state index is 0.432. The number of hydrogen-bond acceptors (Lipinski definition) is 2. The third-order valence-corrected chi connectivity index (χ3v) is 2.20. The van der Waals surface area contributed by atoms with Crippen LogP contribution in [0.4, 0.5) is 5.69 Å². The van der Waals surface area contributed by atoms with Crippen molar-refractivity contribution in [3.8, 4) is 0 Å². The Morgan fingerprint density at radius 3 is 2.71 bits per heavy atom. The quantitative estimate of drug-likeness (QED) is 0.738. The van der Waals surface area contributed by atoms with Crippen molar-refractivity contribution in [3.05, 3.63) is 42.5 Å². The maximum Gasteiger partial charge on any atom is 0.0781 e. The average molecular weight is 191 g/mol. The van der Waals surface area contributed by atoms with Crippen LogP contribution in [0.15, 0.2) is 36.9 Å². The lowest BCUT2D eigenvalue weighted by molar-refractivity contribution is 0.199. The number of likely N-dealkylation sites (N-methyl/N-ethyl adjacent to an activating group) is 1. The van der Waals surface area contributed by atoms with Crippen molar-refractivity contribution < 1.29 is 5.11 Å². The van der Waals surface area contributed by atoms with Gasteiger partial charge in [0, 0.05) is 24.8 Å². The predicted octanol–water partition coefficient (Wildman–Crippen LogP) is 2.36. The molecule has 0 amide bonds. The first-order chi connectivity index (χ1) is 6.66. The van der Waals surface area contributed by atoms with Crippen molar-refractivity contribution in [2.24, 2.45) is 0 Å². The Morgan fingerprint density at radius 1 is 1.50 bits per heavy atom. The third kappa shape index (κ3) is 2.36. The van der Waals surface area contributed by atoms with Gasteiger partial charge in [-0.2, -0.15) is 0 Å². The van der Waals surface area contributed by atoms with Gasteiger partial charge in [-0.15, -0.1) is 6.58 Å². The second-order valence-corrected chi connectivity index (χ2v) is 3.40. The summed E-state index contributed by atoms with van der Waals surface area (Å²) in [4.78, 5) is 2.06. The number of aliphatic hydroxyl groups excluding tert-OH is 1. The fraction of sp³-hybridized carbons (Fsp3) is 0.333. The van der Waals surface area contributed by atoms with Crippen LogP contribution < -0.4 is 4.90 Å². The van der Waals surface area contributed by atoms with Gasteiger partial charge in [0.05, 0.1) is 6.10 Å². The normalized spacial score (nSPS) is 12.2. The van der Waals surface area contributed by atoms with E-state index < -0.39 is 6.10 Å². The first-order valence-corrected chi connectivity index (χ1v) is 4.76. The Kier molecular flexibility index (Phi) is 3.72. The van der Waals surface area contributed by atoms with Gasteiger partial charge in [-0.3, -0.25) is 0 Å². The monoisotopic (exact) mass is 191 g/mol. The van der Waals surface area contributed by atoms with E-state index in [4.69, 9.17) is 0 Å². The zero-order valence-corrected chi connectivity index (χ0v) is 8.77. The lowest BCUT2D eigenvalue weighted by Crippen LogP contribution is -2.18. The van der Waals surface area contributed by atoms with Gasteiger partial charge in [-0.05, 0) is 13.0 Å². The van der Waals surface area contributed by atoms with Gasteiger partial charge >= 0.3 is 0 Å². The van der Waals surface area contributed by atoms with Crippen molar-refractivity contribution in [1.29, 1.82) is 0 Å². The van der Waals surface area contributed by atoms with E-state index in [0.717, 1.165) is 17.8 Å². The molecule has 0 aromatic heterocycles. The maximum atomic E-state index is 9.57. The molecule has 1 aromatic carbocycles. The summed E-state index contributed by atoms with van der Waals surface area (Å²) in [6.07, 6.45) is 1.41. The van der Waals surface area contributed by atoms with Crippen LogP contribution in [0, 0.1) is 0 Å². The number of rotatable bonds is 4. The van der Waals surface area contributed by atoms with Crippen LogP contribution in [0.25, 0.3) is 0 Å². The average Bonchev–Trinajstić information content (AvgIpc) is 2.18. The standard InChI is InChI=1S/C12H17NO/c1-4-9-13(3)12-8-6-5-7-11(12)10(2)14/h4-8,10,14H,1,9H2,2-3H3/t10-/m0/s1. The van der Waals surface area contributed by atoms with Gasteiger partial charge in [-0.25, -0.2) is 0 Å². The Labute approximate surface area is 85.5 Å². The second-order valence-electron chi connectivity index (χ2n) is 3.40. The van der Waals surface area contributed by atoms with Crippen LogP contribution in [-0.2, 0) is 0 Å². The Bertz CT molecular complexity index is 307. The number of anilines is 1. The molecule has 0 aliphatic heterocycles. The molecule has 76 valence electrons. The van der Waals surface area contributed by atoms with Crippen LogP contribution in [0.2, 0.25) is 0 Å². The third-order valence-electron chi connectivity index (χ3n) is 2.20. The van der Waals surface area contributed by atoms with E-state index in [1.54, 1.807) is 6.92 Å². The van der Waals surface area contributed by atoms with Gasteiger partial charge in [-0.1, -0.05) is 24.3 Å². The molecule has 2 nitrogen and oxygen atoms in total. The summed E-state index contributed by atoms with van der Waals surface area (Å²) in [5, 5.41) is 9.57. The first-order valence-electron chi connectivity index (χ1n) is 4.76. The molecule has 0 spiro atoms. The number of nitrogens with zero attached hydrogens (tertiary/aromatic N) is 1. The smallest absolute Gasteiger partial charge is 0.0781 e. The molecule has 0 saturated carbocycles. The summed E-state index contributed by atoms with van der Waals surface area (Å²) in [7, 11) is 1.99. The molecular weight excluding hydrogens is 174 g/mol. The molecule has 0 aliphatic rings. The van der Waals surface area contributed by atoms with Crippen molar-refractivity contribution in [2.45, 2.75) is 13.0 Å². The zero-order chi connectivity index (χ0) is 10.6. The molecule has 1 atom stereocenters. The molecule has 0 aliphatic carbocycles.